The Bertz CT molecular complexity index is 390. The van der Waals surface area contributed by atoms with E-state index in [0.29, 0.717) is 10.6 Å². The summed E-state index contributed by atoms with van der Waals surface area (Å²) in [7, 11) is 0. The van der Waals surface area contributed by atoms with Crippen molar-refractivity contribution >= 4 is 30.2 Å². The number of carboxylic acids is 1. The number of rotatable bonds is 2. The summed E-state index contributed by atoms with van der Waals surface area (Å²) in [6.45, 7) is 1.37. The van der Waals surface area contributed by atoms with Crippen LogP contribution in [-0.4, -0.2) is 17.0 Å². The zero-order valence-corrected chi connectivity index (χ0v) is 8.34. The Morgan fingerprint density at radius 3 is 2.50 bits per heavy atom. The second kappa shape index (κ2) is 4.15. The molecule has 0 atom stereocenters. The van der Waals surface area contributed by atoms with Gasteiger partial charge < -0.3 is 10.4 Å². The second-order valence-corrected chi connectivity index (χ2v) is 3.20. The number of hydrogen-bond acceptors (Lipinski definition) is 3. The molecule has 2 N–H and O–H groups in total. The lowest BCUT2D eigenvalue weighted by Crippen LogP contribution is -2.07. The number of carbonyl (C=O) groups excluding carboxylic acids is 1. The smallest absolute Gasteiger partial charge is 0.335 e. The topological polar surface area (TPSA) is 66.4 Å². The Hall–Kier alpha value is -1.49. The molecule has 0 saturated heterocycles. The molecule has 14 heavy (non-hydrogen) atoms. The third-order valence-electron chi connectivity index (χ3n) is 1.56. The van der Waals surface area contributed by atoms with E-state index in [1.165, 1.54) is 25.1 Å². The molecule has 1 rings (SSSR count). The third-order valence-corrected chi connectivity index (χ3v) is 1.93. The number of benzene rings is 1. The number of nitrogens with one attached hydrogen (secondary N) is 1. The van der Waals surface area contributed by atoms with Gasteiger partial charge in [0.2, 0.25) is 5.91 Å². The van der Waals surface area contributed by atoms with Gasteiger partial charge in [-0.3, -0.25) is 4.79 Å². The van der Waals surface area contributed by atoms with Gasteiger partial charge in [-0.2, -0.15) is 0 Å². The van der Waals surface area contributed by atoms with Crippen LogP contribution < -0.4 is 5.32 Å². The maximum absolute atomic E-state index is 10.7. The lowest BCUT2D eigenvalue weighted by atomic mass is 10.2. The largest absolute Gasteiger partial charge is 0.478 e. The van der Waals surface area contributed by atoms with Crippen molar-refractivity contribution in [1.29, 1.82) is 0 Å². The molecule has 0 bridgehead atoms. The highest BCUT2D eigenvalue weighted by Crippen LogP contribution is 2.21. The van der Waals surface area contributed by atoms with E-state index in [9.17, 15) is 9.59 Å². The van der Waals surface area contributed by atoms with Gasteiger partial charge in [-0.1, -0.05) is 0 Å². The van der Waals surface area contributed by atoms with E-state index >= 15 is 0 Å². The number of aromatic carboxylic acids is 1. The molecule has 1 aromatic carbocycles. The van der Waals surface area contributed by atoms with E-state index in [1.807, 2.05) is 0 Å². The van der Waals surface area contributed by atoms with E-state index in [4.69, 9.17) is 5.11 Å². The predicted molar refractivity (Wildman–Crippen MR) is 55.0 cm³/mol. The Kier molecular flexibility index (Phi) is 3.14. The summed E-state index contributed by atoms with van der Waals surface area (Å²) in [4.78, 5) is 21.7. The summed E-state index contributed by atoms with van der Waals surface area (Å²) >= 11 is 4.06. The molecule has 5 heteroatoms. The molecule has 0 saturated carbocycles. The Morgan fingerprint density at radius 2 is 2.07 bits per heavy atom. The highest BCUT2D eigenvalue weighted by molar-refractivity contribution is 7.80. The molecular formula is C9H9NO3S. The van der Waals surface area contributed by atoms with Crippen molar-refractivity contribution in [2.75, 3.05) is 5.32 Å². The Morgan fingerprint density at radius 1 is 1.43 bits per heavy atom. The molecule has 0 spiro atoms. The lowest BCUT2D eigenvalue weighted by Gasteiger charge is -2.05. The molecule has 0 aromatic heterocycles. The van der Waals surface area contributed by atoms with Crippen LogP contribution in [-0.2, 0) is 4.79 Å². The van der Waals surface area contributed by atoms with Crippen LogP contribution in [0.1, 0.15) is 17.3 Å². The summed E-state index contributed by atoms with van der Waals surface area (Å²) < 4.78 is 0. The van der Waals surface area contributed by atoms with Crippen molar-refractivity contribution in [3.8, 4) is 0 Å². The van der Waals surface area contributed by atoms with Crippen molar-refractivity contribution in [3.05, 3.63) is 23.8 Å². The number of thiol groups is 1. The first-order chi connectivity index (χ1) is 6.50. The first-order valence-corrected chi connectivity index (χ1v) is 4.29. The van der Waals surface area contributed by atoms with Crippen LogP contribution in [0.3, 0.4) is 0 Å². The molecule has 4 nitrogen and oxygen atoms in total. The summed E-state index contributed by atoms with van der Waals surface area (Å²) in [5.41, 5.74) is 0.648. The summed E-state index contributed by atoms with van der Waals surface area (Å²) in [6, 6.07) is 4.30. The van der Waals surface area contributed by atoms with Crippen LogP contribution in [0.5, 0.6) is 0 Å². The maximum Gasteiger partial charge on any atom is 0.335 e. The molecule has 0 heterocycles. The first-order valence-electron chi connectivity index (χ1n) is 3.84. The summed E-state index contributed by atoms with van der Waals surface area (Å²) in [6.07, 6.45) is 0. The minimum atomic E-state index is -1.02. The number of carboxylic acid groups (broad SMARTS) is 1. The van der Waals surface area contributed by atoms with Gasteiger partial charge in [0.15, 0.2) is 0 Å². The van der Waals surface area contributed by atoms with Crippen LogP contribution in [0.15, 0.2) is 23.1 Å². The van der Waals surface area contributed by atoms with E-state index in [0.717, 1.165) is 0 Å². The standard InChI is InChI=1S/C9H9NO3S/c1-5(11)10-7-3-2-6(9(12)13)4-8(7)14/h2-4,14H,1H3,(H,10,11)(H,12,13). The highest BCUT2D eigenvalue weighted by atomic mass is 32.1. The average Bonchev–Trinajstić information content (AvgIpc) is 2.07. The number of amides is 1. The zero-order valence-electron chi connectivity index (χ0n) is 7.44. The van der Waals surface area contributed by atoms with Crippen LogP contribution in [0.25, 0.3) is 0 Å². The number of anilines is 1. The fraction of sp³-hybridized carbons (Fsp3) is 0.111. The molecule has 0 radical (unpaired) electrons. The van der Waals surface area contributed by atoms with Crippen molar-refractivity contribution in [3.63, 3.8) is 0 Å². The van der Waals surface area contributed by atoms with Crippen molar-refractivity contribution < 1.29 is 14.7 Å². The second-order valence-electron chi connectivity index (χ2n) is 2.72. The molecule has 0 aliphatic rings. The van der Waals surface area contributed by atoms with Crippen molar-refractivity contribution in [2.45, 2.75) is 11.8 Å². The van der Waals surface area contributed by atoms with E-state index in [1.54, 1.807) is 0 Å². The fourth-order valence-electron chi connectivity index (χ4n) is 0.960. The molecule has 1 amide bonds. The lowest BCUT2D eigenvalue weighted by molar-refractivity contribution is -0.114. The van der Waals surface area contributed by atoms with E-state index in [-0.39, 0.29) is 11.5 Å². The van der Waals surface area contributed by atoms with Crippen molar-refractivity contribution in [2.24, 2.45) is 0 Å². The average molecular weight is 211 g/mol. The summed E-state index contributed by atoms with van der Waals surface area (Å²) in [5.74, 6) is -1.24. The molecule has 74 valence electrons. The monoisotopic (exact) mass is 211 g/mol. The first kappa shape index (κ1) is 10.6. The quantitative estimate of drug-likeness (QED) is 0.651. The van der Waals surface area contributed by atoms with E-state index < -0.39 is 5.97 Å². The molecule has 0 aliphatic carbocycles. The Labute approximate surface area is 86.3 Å². The van der Waals surface area contributed by atoms with Gasteiger partial charge in [-0.25, -0.2) is 4.79 Å². The number of carbonyl (C=O) groups is 2. The number of hydrogen-bond donors (Lipinski definition) is 3. The van der Waals surface area contributed by atoms with Crippen LogP contribution in [0.2, 0.25) is 0 Å². The van der Waals surface area contributed by atoms with Gasteiger partial charge >= 0.3 is 5.97 Å². The fourth-order valence-corrected chi connectivity index (χ4v) is 1.23. The minimum absolute atomic E-state index is 0.143. The minimum Gasteiger partial charge on any atom is -0.478 e. The molecule has 1 aromatic rings. The SMILES string of the molecule is CC(=O)Nc1ccc(C(=O)O)cc1S. The normalized spacial score (nSPS) is 9.57. The molecule has 0 unspecified atom stereocenters. The van der Waals surface area contributed by atoms with Gasteiger partial charge in [0.1, 0.15) is 0 Å². The van der Waals surface area contributed by atoms with Gasteiger partial charge in [-0.15, -0.1) is 12.6 Å². The predicted octanol–water partition coefficient (Wildman–Crippen LogP) is 1.63. The van der Waals surface area contributed by atoms with Crippen LogP contribution in [0.4, 0.5) is 5.69 Å². The van der Waals surface area contributed by atoms with Crippen molar-refractivity contribution in [1.82, 2.24) is 0 Å². The van der Waals surface area contributed by atoms with Gasteiger partial charge in [0.05, 0.1) is 11.3 Å². The van der Waals surface area contributed by atoms with Gasteiger partial charge in [-0.05, 0) is 18.2 Å². The zero-order chi connectivity index (χ0) is 10.7. The molecular weight excluding hydrogens is 202 g/mol. The highest BCUT2D eigenvalue weighted by Gasteiger charge is 2.06. The third kappa shape index (κ3) is 2.50. The van der Waals surface area contributed by atoms with E-state index in [2.05, 4.69) is 17.9 Å². The van der Waals surface area contributed by atoms with Gasteiger partial charge in [0.25, 0.3) is 0 Å². The van der Waals surface area contributed by atoms with Gasteiger partial charge in [0, 0.05) is 11.8 Å². The summed E-state index contributed by atoms with van der Waals surface area (Å²) in [5, 5.41) is 11.2. The van der Waals surface area contributed by atoms with Crippen LogP contribution in [0, 0.1) is 0 Å². The Balaban J connectivity index is 3.01. The van der Waals surface area contributed by atoms with Crippen LogP contribution >= 0.6 is 12.6 Å². The molecule has 0 fully saturated rings. The maximum atomic E-state index is 10.7. The molecule has 0 aliphatic heterocycles.